The van der Waals surface area contributed by atoms with E-state index in [0.717, 1.165) is 10.7 Å². The summed E-state index contributed by atoms with van der Waals surface area (Å²) in [5.74, 6) is 0. The lowest BCUT2D eigenvalue weighted by molar-refractivity contribution is -0.384. The Kier molecular flexibility index (Phi) is 3.61. The van der Waals surface area contributed by atoms with Gasteiger partial charge in [-0.3, -0.25) is 10.1 Å². The van der Waals surface area contributed by atoms with Gasteiger partial charge in [-0.05, 0) is 12.5 Å². The Bertz CT molecular complexity index is 570. The van der Waals surface area contributed by atoms with Crippen molar-refractivity contribution in [3.63, 3.8) is 0 Å². The average Bonchev–Trinajstić information content (AvgIpc) is 2.75. The molecule has 0 N–H and O–H groups in total. The van der Waals surface area contributed by atoms with Crippen LogP contribution in [0.1, 0.15) is 17.7 Å². The maximum absolute atomic E-state index is 10.7. The lowest BCUT2D eigenvalue weighted by Gasteiger charge is -2.10. The monoisotopic (exact) mass is 264 g/mol. The highest BCUT2D eigenvalue weighted by molar-refractivity contribution is 7.99. The van der Waals surface area contributed by atoms with Gasteiger partial charge in [0.2, 0.25) is 0 Å². The molecule has 0 aliphatic heterocycles. The number of aromatic nitrogens is 3. The first-order valence-electron chi connectivity index (χ1n) is 5.33. The van der Waals surface area contributed by atoms with Crippen molar-refractivity contribution in [3.05, 3.63) is 46.3 Å². The number of nitro benzene ring substituents is 1. The van der Waals surface area contributed by atoms with Crippen molar-refractivity contribution in [1.29, 1.82) is 0 Å². The summed E-state index contributed by atoms with van der Waals surface area (Å²) in [6, 6.07) is 6.65. The zero-order valence-electron chi connectivity index (χ0n) is 9.98. The molecule has 0 saturated carbocycles. The Hall–Kier alpha value is -1.89. The van der Waals surface area contributed by atoms with E-state index >= 15 is 0 Å². The zero-order chi connectivity index (χ0) is 13.1. The molecule has 2 aromatic rings. The van der Waals surface area contributed by atoms with Crippen molar-refractivity contribution in [1.82, 2.24) is 14.8 Å². The van der Waals surface area contributed by atoms with Crippen molar-refractivity contribution < 1.29 is 4.92 Å². The quantitative estimate of drug-likeness (QED) is 0.482. The Morgan fingerprint density at radius 3 is 2.89 bits per heavy atom. The van der Waals surface area contributed by atoms with Crippen molar-refractivity contribution in [2.24, 2.45) is 7.05 Å². The van der Waals surface area contributed by atoms with E-state index in [2.05, 4.69) is 10.2 Å². The summed E-state index contributed by atoms with van der Waals surface area (Å²) in [5.41, 5.74) is 1.01. The van der Waals surface area contributed by atoms with Crippen LogP contribution in [0.4, 0.5) is 5.69 Å². The average molecular weight is 264 g/mol. The van der Waals surface area contributed by atoms with E-state index in [4.69, 9.17) is 0 Å². The zero-order valence-corrected chi connectivity index (χ0v) is 10.8. The minimum Gasteiger partial charge on any atom is -0.312 e. The highest BCUT2D eigenvalue weighted by Crippen LogP contribution is 2.34. The van der Waals surface area contributed by atoms with E-state index in [1.807, 2.05) is 24.6 Å². The van der Waals surface area contributed by atoms with Crippen LogP contribution in [0.15, 0.2) is 35.7 Å². The third-order valence-electron chi connectivity index (χ3n) is 2.50. The first-order valence-corrected chi connectivity index (χ1v) is 6.21. The second kappa shape index (κ2) is 5.18. The van der Waals surface area contributed by atoms with Gasteiger partial charge in [-0.2, -0.15) is 0 Å². The topological polar surface area (TPSA) is 73.8 Å². The van der Waals surface area contributed by atoms with E-state index in [1.54, 1.807) is 18.5 Å². The first-order chi connectivity index (χ1) is 8.58. The van der Waals surface area contributed by atoms with Crippen LogP contribution in [0.5, 0.6) is 0 Å². The number of hydrogen-bond donors (Lipinski definition) is 0. The maximum atomic E-state index is 10.7. The van der Waals surface area contributed by atoms with Crippen LogP contribution >= 0.6 is 11.8 Å². The van der Waals surface area contributed by atoms with Gasteiger partial charge in [0, 0.05) is 24.4 Å². The summed E-state index contributed by atoms with van der Waals surface area (Å²) in [6.07, 6.45) is 1.63. The fourth-order valence-electron chi connectivity index (χ4n) is 1.50. The molecule has 0 saturated heterocycles. The lowest BCUT2D eigenvalue weighted by atomic mass is 10.1. The normalized spacial score (nSPS) is 12.3. The van der Waals surface area contributed by atoms with Gasteiger partial charge in [-0.15, -0.1) is 10.2 Å². The van der Waals surface area contributed by atoms with E-state index in [9.17, 15) is 10.1 Å². The molecule has 0 radical (unpaired) electrons. The van der Waals surface area contributed by atoms with Crippen LogP contribution in [-0.2, 0) is 7.05 Å². The van der Waals surface area contributed by atoms with Crippen molar-refractivity contribution in [3.8, 4) is 0 Å². The molecule has 1 aromatic heterocycles. The van der Waals surface area contributed by atoms with Gasteiger partial charge >= 0.3 is 0 Å². The number of nitro groups is 1. The summed E-state index contributed by atoms with van der Waals surface area (Å²) in [5, 5.41) is 19.4. The summed E-state index contributed by atoms with van der Waals surface area (Å²) >= 11 is 1.52. The molecule has 0 spiro atoms. The third-order valence-corrected chi connectivity index (χ3v) is 3.71. The van der Waals surface area contributed by atoms with Crippen LogP contribution in [-0.4, -0.2) is 19.7 Å². The number of benzene rings is 1. The number of aryl methyl sites for hydroxylation is 1. The largest absolute Gasteiger partial charge is 0.312 e. The number of hydrogen-bond acceptors (Lipinski definition) is 5. The van der Waals surface area contributed by atoms with Gasteiger partial charge < -0.3 is 4.57 Å². The molecule has 1 heterocycles. The summed E-state index contributed by atoms with van der Waals surface area (Å²) in [4.78, 5) is 10.3. The Labute approximate surface area is 108 Å². The molecular weight excluding hydrogens is 252 g/mol. The van der Waals surface area contributed by atoms with E-state index in [0.29, 0.717) is 0 Å². The molecule has 0 bridgehead atoms. The SMILES string of the molecule is CC(Sc1nncn1C)c1cccc([N+](=O)[O-])c1. The predicted octanol–water partition coefficient (Wildman–Crippen LogP) is 2.58. The molecule has 1 aromatic carbocycles. The number of non-ortho nitro benzene ring substituents is 1. The second-order valence-electron chi connectivity index (χ2n) is 3.84. The summed E-state index contributed by atoms with van der Waals surface area (Å²) in [7, 11) is 1.86. The molecule has 2 rings (SSSR count). The van der Waals surface area contributed by atoms with Crippen molar-refractivity contribution in [2.45, 2.75) is 17.3 Å². The number of thioether (sulfide) groups is 1. The molecule has 18 heavy (non-hydrogen) atoms. The Morgan fingerprint density at radius 2 is 2.28 bits per heavy atom. The molecular formula is C11H12N4O2S. The Balaban J connectivity index is 2.18. The standard InChI is InChI=1S/C11H12N4O2S/c1-8(18-11-13-12-7-14(11)2)9-4-3-5-10(6-9)15(16)17/h3-8H,1-2H3. The summed E-state index contributed by atoms with van der Waals surface area (Å²) in [6.45, 7) is 1.98. The molecule has 0 aliphatic carbocycles. The minimum atomic E-state index is -0.386. The van der Waals surface area contributed by atoms with Gasteiger partial charge in [0.1, 0.15) is 6.33 Å². The first kappa shape index (κ1) is 12.6. The van der Waals surface area contributed by atoms with Crippen molar-refractivity contribution >= 4 is 17.4 Å². The van der Waals surface area contributed by atoms with Crippen LogP contribution in [0.2, 0.25) is 0 Å². The molecule has 6 nitrogen and oxygen atoms in total. The fraction of sp³-hybridized carbons (Fsp3) is 0.273. The van der Waals surface area contributed by atoms with Gasteiger partial charge in [0.25, 0.3) is 5.69 Å². The molecule has 1 unspecified atom stereocenters. The van der Waals surface area contributed by atoms with Gasteiger partial charge in [0.15, 0.2) is 5.16 Å². The Morgan fingerprint density at radius 1 is 1.50 bits per heavy atom. The fourth-order valence-corrected chi connectivity index (χ4v) is 2.40. The predicted molar refractivity (Wildman–Crippen MR) is 68.4 cm³/mol. The summed E-state index contributed by atoms with van der Waals surface area (Å²) < 4.78 is 1.82. The number of rotatable bonds is 4. The molecule has 7 heteroatoms. The smallest absolute Gasteiger partial charge is 0.269 e. The molecule has 0 amide bonds. The molecule has 0 aliphatic rings. The molecule has 94 valence electrons. The molecule has 0 fully saturated rings. The maximum Gasteiger partial charge on any atom is 0.269 e. The van der Waals surface area contributed by atoms with Crippen molar-refractivity contribution in [2.75, 3.05) is 0 Å². The van der Waals surface area contributed by atoms with Gasteiger partial charge in [-0.25, -0.2) is 0 Å². The van der Waals surface area contributed by atoms with E-state index in [1.165, 1.54) is 17.8 Å². The van der Waals surface area contributed by atoms with Gasteiger partial charge in [0.05, 0.1) is 4.92 Å². The third kappa shape index (κ3) is 2.67. The van der Waals surface area contributed by atoms with Gasteiger partial charge in [-0.1, -0.05) is 23.9 Å². The lowest BCUT2D eigenvalue weighted by Crippen LogP contribution is -1.95. The second-order valence-corrected chi connectivity index (χ2v) is 5.14. The van der Waals surface area contributed by atoms with E-state index < -0.39 is 0 Å². The highest BCUT2D eigenvalue weighted by Gasteiger charge is 2.14. The van der Waals surface area contributed by atoms with Crippen LogP contribution in [0.25, 0.3) is 0 Å². The molecule has 1 atom stereocenters. The minimum absolute atomic E-state index is 0.0767. The van der Waals surface area contributed by atoms with Crippen LogP contribution < -0.4 is 0 Å². The van der Waals surface area contributed by atoms with E-state index in [-0.39, 0.29) is 15.9 Å². The van der Waals surface area contributed by atoms with Crippen LogP contribution in [0.3, 0.4) is 0 Å². The number of nitrogens with zero attached hydrogens (tertiary/aromatic N) is 4. The highest BCUT2D eigenvalue weighted by atomic mass is 32.2. The van der Waals surface area contributed by atoms with Crippen LogP contribution in [0, 0.1) is 10.1 Å².